The summed E-state index contributed by atoms with van der Waals surface area (Å²) in [6, 6.07) is 17.8. The Morgan fingerprint density at radius 2 is 1.53 bits per heavy atom. The lowest BCUT2D eigenvalue weighted by molar-refractivity contribution is -0.137. The van der Waals surface area contributed by atoms with Crippen molar-refractivity contribution in [2.75, 3.05) is 13.2 Å². The number of ether oxygens (including phenoxy) is 2. The van der Waals surface area contributed by atoms with E-state index in [9.17, 15) is 9.59 Å². The lowest BCUT2D eigenvalue weighted by Gasteiger charge is -2.08. The zero-order valence-corrected chi connectivity index (χ0v) is 20.1. The highest BCUT2D eigenvalue weighted by atomic mass is 32.1. The van der Waals surface area contributed by atoms with Crippen molar-refractivity contribution in [3.8, 4) is 11.5 Å². The van der Waals surface area contributed by atoms with Gasteiger partial charge in [-0.15, -0.1) is 11.3 Å². The van der Waals surface area contributed by atoms with Crippen LogP contribution < -0.4 is 9.47 Å². The van der Waals surface area contributed by atoms with E-state index in [1.54, 1.807) is 12.1 Å². The van der Waals surface area contributed by atoms with E-state index < -0.39 is 5.97 Å². The van der Waals surface area contributed by atoms with E-state index in [2.05, 4.69) is 29.2 Å². The first-order chi connectivity index (χ1) is 16.6. The van der Waals surface area contributed by atoms with Gasteiger partial charge in [-0.05, 0) is 74.8 Å². The highest BCUT2D eigenvalue weighted by Gasteiger charge is 2.12. The number of carboxylic acid groups (broad SMARTS) is 1. The van der Waals surface area contributed by atoms with Crippen LogP contribution in [0.15, 0.2) is 60.0 Å². The summed E-state index contributed by atoms with van der Waals surface area (Å²) in [7, 11) is 0. The number of aromatic nitrogens is 1. The maximum atomic E-state index is 12.4. The van der Waals surface area contributed by atoms with Crippen molar-refractivity contribution in [1.82, 2.24) is 4.98 Å². The molecule has 7 heteroatoms. The molecular formula is C27H31NO5S. The normalized spacial score (nSPS) is 10.7. The minimum atomic E-state index is -0.791. The van der Waals surface area contributed by atoms with E-state index in [1.165, 1.54) is 16.9 Å². The van der Waals surface area contributed by atoms with Crippen LogP contribution in [0.3, 0.4) is 0 Å². The number of thiazole rings is 1. The quantitative estimate of drug-likeness (QED) is 0.200. The first kappa shape index (κ1) is 25.4. The summed E-state index contributed by atoms with van der Waals surface area (Å²) in [5.74, 6) is 0.432. The number of carboxylic acids is 1. The van der Waals surface area contributed by atoms with Crippen LogP contribution in [0, 0.1) is 0 Å². The van der Waals surface area contributed by atoms with Crippen molar-refractivity contribution in [3.63, 3.8) is 0 Å². The van der Waals surface area contributed by atoms with Crippen LogP contribution in [0.2, 0.25) is 0 Å². The molecule has 3 rings (SSSR count). The number of carbonyl (C=O) groups is 2. The molecule has 0 spiro atoms. The standard InChI is InChI=1S/C27H31NO5S/c29-25(27-28-22(20-34-27)12-6-7-13-26(30)31)19-33-24-16-14-23(15-17-24)32-18-8-2-5-11-21-9-3-1-4-10-21/h1,3-4,9-10,14-17,20H,2,5-8,11-13,18-19H2,(H,30,31). The highest BCUT2D eigenvalue weighted by molar-refractivity contribution is 7.11. The van der Waals surface area contributed by atoms with Crippen LogP contribution >= 0.6 is 11.3 Å². The van der Waals surface area contributed by atoms with Gasteiger partial charge in [0.05, 0.1) is 12.3 Å². The summed E-state index contributed by atoms with van der Waals surface area (Å²) >= 11 is 1.30. The molecule has 0 saturated heterocycles. The molecule has 6 nitrogen and oxygen atoms in total. The van der Waals surface area contributed by atoms with Gasteiger partial charge < -0.3 is 14.6 Å². The van der Waals surface area contributed by atoms with Gasteiger partial charge in [-0.25, -0.2) is 4.98 Å². The predicted molar refractivity (Wildman–Crippen MR) is 133 cm³/mol. The van der Waals surface area contributed by atoms with Gasteiger partial charge in [0, 0.05) is 11.8 Å². The lowest BCUT2D eigenvalue weighted by Crippen LogP contribution is -2.11. The summed E-state index contributed by atoms with van der Waals surface area (Å²) in [6.45, 7) is 0.601. The number of aliphatic carboxylic acids is 1. The van der Waals surface area contributed by atoms with E-state index in [-0.39, 0.29) is 18.8 Å². The average molecular weight is 482 g/mol. The number of aryl methyl sites for hydroxylation is 2. The molecular weight excluding hydrogens is 450 g/mol. The summed E-state index contributed by atoms with van der Waals surface area (Å²) in [6.07, 6.45) is 6.55. The summed E-state index contributed by atoms with van der Waals surface area (Å²) < 4.78 is 11.4. The zero-order chi connectivity index (χ0) is 24.0. The molecule has 3 aromatic rings. The molecule has 0 saturated carbocycles. The summed E-state index contributed by atoms with van der Waals surface area (Å²) in [5.41, 5.74) is 2.20. The van der Waals surface area contributed by atoms with Gasteiger partial charge in [0.2, 0.25) is 5.78 Å². The Morgan fingerprint density at radius 3 is 2.26 bits per heavy atom. The molecule has 2 aromatic carbocycles. The van der Waals surface area contributed by atoms with Crippen LogP contribution in [0.1, 0.15) is 59.6 Å². The SMILES string of the molecule is O=C(O)CCCCc1csc(C(=O)COc2ccc(OCCCCCc3ccccc3)cc2)n1. The van der Waals surface area contributed by atoms with Crippen molar-refractivity contribution in [1.29, 1.82) is 0 Å². The van der Waals surface area contributed by atoms with E-state index in [1.807, 2.05) is 23.6 Å². The van der Waals surface area contributed by atoms with Gasteiger partial charge in [0.25, 0.3) is 0 Å². The molecule has 0 bridgehead atoms. The fraction of sp³-hybridized carbons (Fsp3) is 0.370. The predicted octanol–water partition coefficient (Wildman–Crippen LogP) is 5.99. The van der Waals surface area contributed by atoms with Crippen LogP contribution in [-0.4, -0.2) is 35.1 Å². The van der Waals surface area contributed by atoms with Gasteiger partial charge in [-0.1, -0.05) is 30.3 Å². The Labute approximate surface area is 204 Å². The second kappa shape index (κ2) is 14.2. The molecule has 0 aliphatic rings. The van der Waals surface area contributed by atoms with Crippen molar-refractivity contribution in [3.05, 3.63) is 76.2 Å². The Hall–Kier alpha value is -3.19. The number of nitrogens with zero attached hydrogens (tertiary/aromatic N) is 1. The fourth-order valence-corrected chi connectivity index (χ4v) is 4.20. The molecule has 1 heterocycles. The van der Waals surface area contributed by atoms with Crippen LogP contribution in [0.4, 0.5) is 0 Å². The molecule has 0 fully saturated rings. The number of hydrogen-bond donors (Lipinski definition) is 1. The molecule has 0 radical (unpaired) electrons. The first-order valence-corrected chi connectivity index (χ1v) is 12.6. The third-order valence-corrected chi connectivity index (χ3v) is 6.21. The largest absolute Gasteiger partial charge is 0.494 e. The number of ketones is 1. The maximum absolute atomic E-state index is 12.4. The maximum Gasteiger partial charge on any atom is 0.303 e. The molecule has 1 N–H and O–H groups in total. The van der Waals surface area contributed by atoms with E-state index in [0.717, 1.165) is 43.5 Å². The average Bonchev–Trinajstić information content (AvgIpc) is 3.33. The van der Waals surface area contributed by atoms with Crippen LogP contribution in [0.25, 0.3) is 0 Å². The monoisotopic (exact) mass is 481 g/mol. The molecule has 0 aliphatic heterocycles. The molecule has 0 aliphatic carbocycles. The second-order valence-corrected chi connectivity index (χ2v) is 8.93. The van der Waals surface area contributed by atoms with Gasteiger partial charge in [-0.2, -0.15) is 0 Å². The number of carbonyl (C=O) groups excluding carboxylic acids is 1. The van der Waals surface area contributed by atoms with Gasteiger partial charge >= 0.3 is 5.97 Å². The van der Waals surface area contributed by atoms with E-state index in [4.69, 9.17) is 14.6 Å². The Kier molecular flexibility index (Phi) is 10.6. The minimum absolute atomic E-state index is 0.0758. The van der Waals surface area contributed by atoms with Crippen molar-refractivity contribution >= 4 is 23.1 Å². The van der Waals surface area contributed by atoms with Crippen molar-refractivity contribution in [2.24, 2.45) is 0 Å². The minimum Gasteiger partial charge on any atom is -0.494 e. The van der Waals surface area contributed by atoms with Gasteiger partial charge in [0.1, 0.15) is 11.5 Å². The molecule has 1 aromatic heterocycles. The topological polar surface area (TPSA) is 85.7 Å². The van der Waals surface area contributed by atoms with Crippen molar-refractivity contribution < 1.29 is 24.2 Å². The molecule has 180 valence electrons. The zero-order valence-electron chi connectivity index (χ0n) is 19.3. The Balaban J connectivity index is 1.30. The number of Topliss-reactive ketones (excluding diaryl/α,β-unsaturated/α-hetero) is 1. The Morgan fingerprint density at radius 1 is 0.824 bits per heavy atom. The number of unbranched alkanes of at least 4 members (excludes halogenated alkanes) is 3. The lowest BCUT2D eigenvalue weighted by atomic mass is 10.1. The van der Waals surface area contributed by atoms with Gasteiger partial charge in [0.15, 0.2) is 11.6 Å². The third kappa shape index (κ3) is 9.35. The van der Waals surface area contributed by atoms with Gasteiger partial charge in [-0.3, -0.25) is 9.59 Å². The molecule has 0 atom stereocenters. The number of hydrogen-bond acceptors (Lipinski definition) is 6. The fourth-order valence-electron chi connectivity index (χ4n) is 3.42. The summed E-state index contributed by atoms with van der Waals surface area (Å²) in [4.78, 5) is 27.3. The van der Waals surface area contributed by atoms with Crippen molar-refractivity contribution in [2.45, 2.75) is 51.4 Å². The molecule has 0 unspecified atom stereocenters. The number of benzene rings is 2. The summed E-state index contributed by atoms with van der Waals surface area (Å²) in [5, 5.41) is 10.9. The molecule has 34 heavy (non-hydrogen) atoms. The number of rotatable bonds is 16. The second-order valence-electron chi connectivity index (χ2n) is 8.07. The third-order valence-electron chi connectivity index (χ3n) is 5.28. The van der Waals surface area contributed by atoms with Crippen LogP contribution in [0.5, 0.6) is 11.5 Å². The molecule has 0 amide bonds. The highest BCUT2D eigenvalue weighted by Crippen LogP contribution is 2.19. The van der Waals surface area contributed by atoms with E-state index in [0.29, 0.717) is 30.2 Å². The smallest absolute Gasteiger partial charge is 0.303 e. The van der Waals surface area contributed by atoms with Crippen LogP contribution in [-0.2, 0) is 17.6 Å². The Bertz CT molecular complexity index is 1020. The van der Waals surface area contributed by atoms with E-state index >= 15 is 0 Å². The first-order valence-electron chi connectivity index (χ1n) is 11.7.